The molecule has 6 nitrogen and oxygen atoms in total. The van der Waals surface area contributed by atoms with Gasteiger partial charge in [0, 0.05) is 35.9 Å². The molecule has 0 bridgehead atoms. The molecular formula is C19H27N3O3S. The highest BCUT2D eigenvalue weighted by atomic mass is 32.1. The third-order valence-corrected chi connectivity index (χ3v) is 4.03. The van der Waals surface area contributed by atoms with Crippen LogP contribution in [0.4, 0.5) is 0 Å². The number of nitrogens with one attached hydrogen (secondary N) is 1. The van der Waals surface area contributed by atoms with E-state index in [4.69, 9.17) is 28.8 Å². The molecule has 0 saturated carbocycles. The van der Waals surface area contributed by atoms with Crippen LogP contribution in [-0.4, -0.2) is 46.5 Å². The summed E-state index contributed by atoms with van der Waals surface area (Å²) in [6, 6.07) is -4.76. The number of likely N-dealkylation sites (tertiary alicyclic amines) is 1. The standard InChI is InChI=1S/C19H27N3O3S/c1-13(2)22-18(25)15(16(23)14-7-12-26-19(14)22)17(24)20-8-6-11-21-9-4-3-5-10-21/h7,12-13,23H,3-6,8-11H2,1-2H3,(H,20,24)/i1D3,2D3,3D2,4D2,5D2,7D,9D2,10D2,11D,12D,13D/hD. The second-order valence-corrected chi connectivity index (χ2v) is 5.64. The molecular weight excluding hydrogens is 350 g/mol. The normalized spacial score (nSPS) is 39.8. The zero-order chi connectivity index (χ0) is 37.0. The number of fused-ring (bicyclic) bond motifs is 1. The molecule has 7 heteroatoms. The molecule has 142 valence electrons. The molecule has 1 fully saturated rings. The number of piperidine rings is 1. The van der Waals surface area contributed by atoms with E-state index in [-0.39, 0.29) is 26.1 Å². The van der Waals surface area contributed by atoms with Crippen molar-refractivity contribution in [2.45, 2.75) is 45.3 Å². The van der Waals surface area contributed by atoms with E-state index in [1.165, 1.54) is 0 Å². The predicted octanol–water partition coefficient (Wildman–Crippen LogP) is 2.96. The van der Waals surface area contributed by atoms with Crippen LogP contribution >= 0.6 is 11.3 Å². The lowest BCUT2D eigenvalue weighted by molar-refractivity contribution is 0.0946. The van der Waals surface area contributed by atoms with E-state index >= 15 is 0 Å². The summed E-state index contributed by atoms with van der Waals surface area (Å²) in [5, 5.41) is 9.09. The number of carbonyl (C=O) groups excluding carboxylic acids is 1. The third-order valence-electron chi connectivity index (χ3n) is 3.24. The highest BCUT2D eigenvalue weighted by molar-refractivity contribution is 7.16. The summed E-state index contributed by atoms with van der Waals surface area (Å²) in [7, 11) is 0. The number of hydrogen-bond donors (Lipinski definition) is 2. The van der Waals surface area contributed by atoms with Gasteiger partial charge in [0.05, 0.1) is 9.50 Å². The monoisotopic (exact) mass is 398 g/mol. The first kappa shape index (κ1) is 5.82. The summed E-state index contributed by atoms with van der Waals surface area (Å²) >= 11 is 0.152. The van der Waals surface area contributed by atoms with Crippen molar-refractivity contribution in [2.75, 3.05) is 26.1 Å². The Morgan fingerprint density at radius 1 is 1.58 bits per heavy atom. The van der Waals surface area contributed by atoms with Crippen LogP contribution in [0.1, 0.15) is 83.0 Å². The van der Waals surface area contributed by atoms with E-state index in [0.29, 0.717) is 0 Å². The Morgan fingerprint density at radius 2 is 2.35 bits per heavy atom. The second kappa shape index (κ2) is 8.22. The summed E-state index contributed by atoms with van der Waals surface area (Å²) in [6.45, 7) is -18.5. The fourth-order valence-electron chi connectivity index (χ4n) is 2.13. The lowest BCUT2D eigenvalue weighted by Crippen LogP contribution is -2.36. The number of nitrogens with zero attached hydrogens (tertiary/aromatic N) is 2. The van der Waals surface area contributed by atoms with Crippen LogP contribution in [0.3, 0.4) is 0 Å². The maximum absolute atomic E-state index is 13.6. The van der Waals surface area contributed by atoms with Gasteiger partial charge in [-0.2, -0.15) is 0 Å². The minimum atomic E-state index is -3.87. The molecule has 0 radical (unpaired) electrons. The van der Waals surface area contributed by atoms with Gasteiger partial charge < -0.3 is 15.3 Å². The molecule has 3 heterocycles. The highest BCUT2D eigenvalue weighted by Crippen LogP contribution is 2.31. The Hall–Kier alpha value is -1.86. The van der Waals surface area contributed by atoms with Crippen molar-refractivity contribution in [1.29, 1.82) is 0 Å². The molecule has 1 amide bonds. The minimum absolute atomic E-state index is 0.152. The first-order valence-electron chi connectivity index (χ1n) is 17.6. The molecule has 1 aliphatic rings. The van der Waals surface area contributed by atoms with Gasteiger partial charge in [0.1, 0.15) is 16.1 Å². The minimum Gasteiger partial charge on any atom is -0.506 e. The topological polar surface area (TPSA) is 74.6 Å². The average Bonchev–Trinajstić information content (AvgIpc) is 3.17. The van der Waals surface area contributed by atoms with Gasteiger partial charge in [-0.05, 0) is 63.8 Å². The summed E-state index contributed by atoms with van der Waals surface area (Å²) in [5.74, 6) is -3.21. The summed E-state index contributed by atoms with van der Waals surface area (Å²) in [5.41, 5.74) is -3.44. The van der Waals surface area contributed by atoms with Crippen molar-refractivity contribution in [1.82, 2.24) is 14.8 Å². The van der Waals surface area contributed by atoms with Crippen LogP contribution in [0.15, 0.2) is 16.2 Å². The predicted molar refractivity (Wildman–Crippen MR) is 105 cm³/mol. The van der Waals surface area contributed by atoms with Gasteiger partial charge in [0.15, 0.2) is 1.41 Å². The van der Waals surface area contributed by atoms with Gasteiger partial charge in [-0.25, -0.2) is 0 Å². The molecule has 0 aromatic carbocycles. The lowest BCUT2D eigenvalue weighted by atomic mass is 10.1. The molecule has 0 spiro atoms. The number of rotatable bonds is 6. The van der Waals surface area contributed by atoms with Gasteiger partial charge in [-0.3, -0.25) is 14.2 Å². The molecule has 1 unspecified atom stereocenters. The molecule has 2 aromatic heterocycles. The van der Waals surface area contributed by atoms with E-state index in [9.17, 15) is 14.7 Å². The van der Waals surface area contributed by atoms with Crippen molar-refractivity contribution >= 4 is 27.5 Å². The van der Waals surface area contributed by atoms with Crippen LogP contribution in [-0.2, 0) is 0 Å². The van der Waals surface area contributed by atoms with Crippen molar-refractivity contribution in [3.8, 4) is 5.75 Å². The molecule has 2 N–H and O–H groups in total. The summed E-state index contributed by atoms with van der Waals surface area (Å²) < 4.78 is 168. The number of pyridine rings is 1. The Bertz CT molecular complexity index is 1600. The smallest absolute Gasteiger partial charge is 0.268 e. The second-order valence-electron chi connectivity index (χ2n) is 4.85. The number of carbonyl (C=O) groups is 1. The molecule has 1 aliphatic heterocycles. The molecule has 1 saturated heterocycles. The van der Waals surface area contributed by atoms with E-state index in [1.807, 2.05) is 0 Å². The zero-order valence-corrected chi connectivity index (χ0v) is 13.8. The van der Waals surface area contributed by atoms with Gasteiger partial charge in [-0.15, -0.1) is 11.3 Å². The maximum atomic E-state index is 13.6. The number of thiophene rings is 1. The summed E-state index contributed by atoms with van der Waals surface area (Å²) in [4.78, 5) is 26.0. The van der Waals surface area contributed by atoms with E-state index in [2.05, 4.69) is 0 Å². The first-order valence-corrected chi connectivity index (χ1v) is 7.93. The Kier molecular flexibility index (Phi) is 1.84. The quantitative estimate of drug-likeness (QED) is 0.784. The van der Waals surface area contributed by atoms with Crippen molar-refractivity contribution in [3.63, 3.8) is 0 Å². The third kappa shape index (κ3) is 3.78. The Balaban J connectivity index is 2.14. The van der Waals surface area contributed by atoms with Crippen LogP contribution in [0.5, 0.6) is 5.75 Å². The fraction of sp³-hybridized carbons (Fsp3) is 0.579. The van der Waals surface area contributed by atoms with Crippen LogP contribution in [0.2, 0.25) is 1.41 Å². The first-order chi connectivity index (χ1) is 20.7. The average molecular weight is 399 g/mol. The van der Waals surface area contributed by atoms with Gasteiger partial charge in [0.25, 0.3) is 11.5 Å². The maximum Gasteiger partial charge on any atom is 0.268 e. The number of aromatic hydroxyl groups is 1. The number of aromatic nitrogens is 1. The van der Waals surface area contributed by atoms with Gasteiger partial charge >= 0.3 is 0 Å². The summed E-state index contributed by atoms with van der Waals surface area (Å²) in [6.07, 6.45) is -12.3. The van der Waals surface area contributed by atoms with Crippen LogP contribution < -0.4 is 10.9 Å². The molecule has 3 rings (SSSR count). The molecule has 1 atom stereocenters. The van der Waals surface area contributed by atoms with Crippen molar-refractivity contribution < 1.29 is 38.7 Å². The molecule has 2 aromatic rings. The highest BCUT2D eigenvalue weighted by Gasteiger charge is 2.23. The Morgan fingerprint density at radius 3 is 3.08 bits per heavy atom. The lowest BCUT2D eigenvalue weighted by Gasteiger charge is -2.26. The number of amides is 1. The van der Waals surface area contributed by atoms with Crippen molar-refractivity contribution in [2.24, 2.45) is 0 Å². The Labute approximate surface area is 187 Å². The zero-order valence-electron chi connectivity index (χ0n) is 34.0. The largest absolute Gasteiger partial charge is 0.506 e. The van der Waals surface area contributed by atoms with Crippen LogP contribution in [0.25, 0.3) is 10.2 Å². The van der Waals surface area contributed by atoms with E-state index in [1.54, 1.807) is 0 Å². The van der Waals surface area contributed by atoms with Gasteiger partial charge in [0.2, 0.25) is 0 Å². The SMILES string of the molecule is [2H]c1sc2c(c1[2H])c(O)c(C(=O)N([2H])CCC([2H])N1C([2H])([2H])C([2H])([2H])C([2H])([2H])C([2H])([2H])C1([2H])[2H])c(=O)n2C([2H])(C([2H])([2H])[2H])C([2H])([2H])[2H]. The van der Waals surface area contributed by atoms with Gasteiger partial charge in [-0.1, -0.05) is 6.37 Å². The van der Waals surface area contributed by atoms with E-state index < -0.39 is 116 Å². The van der Waals surface area contributed by atoms with E-state index in [0.717, 1.165) is 0 Å². The van der Waals surface area contributed by atoms with Crippen molar-refractivity contribution in [3.05, 3.63) is 27.3 Å². The molecule has 0 aliphatic carbocycles. The fourth-order valence-corrected chi connectivity index (χ4v) is 2.90. The van der Waals surface area contributed by atoms with Crippen LogP contribution in [0, 0.1) is 0 Å². The molecule has 26 heavy (non-hydrogen) atoms. The number of hydrogen-bond acceptors (Lipinski definition) is 5.